The standard InChI is InChI=1S/C12H27N5O.HI/c1-6-13-12(14-8-9-17(5)7-2)15-10-11(18)16(3)4;/h6-10H2,1-5H3,(H2,13,14,15);1H. The molecule has 0 aliphatic heterocycles. The van der Waals surface area contributed by atoms with Crippen LogP contribution in [0.2, 0.25) is 0 Å². The fourth-order valence-corrected chi connectivity index (χ4v) is 1.15. The number of nitrogens with zero attached hydrogens (tertiary/aromatic N) is 3. The molecule has 0 atom stereocenters. The molecule has 2 N–H and O–H groups in total. The van der Waals surface area contributed by atoms with E-state index >= 15 is 0 Å². The first kappa shape index (κ1) is 20.7. The number of hydrogen-bond acceptors (Lipinski definition) is 3. The van der Waals surface area contributed by atoms with Gasteiger partial charge in [-0.25, -0.2) is 4.99 Å². The van der Waals surface area contributed by atoms with Crippen LogP contribution in [0.4, 0.5) is 0 Å². The summed E-state index contributed by atoms with van der Waals surface area (Å²) in [6.07, 6.45) is 0. The Morgan fingerprint density at radius 2 is 1.79 bits per heavy atom. The number of rotatable bonds is 7. The maximum atomic E-state index is 11.4. The van der Waals surface area contributed by atoms with E-state index in [1.807, 2.05) is 6.92 Å². The van der Waals surface area contributed by atoms with Gasteiger partial charge in [-0.05, 0) is 20.5 Å². The van der Waals surface area contributed by atoms with Crippen LogP contribution in [0.1, 0.15) is 13.8 Å². The first-order chi connectivity index (χ1) is 8.51. The Morgan fingerprint density at radius 1 is 1.16 bits per heavy atom. The molecule has 0 aliphatic carbocycles. The molecular formula is C12H28IN5O. The Morgan fingerprint density at radius 3 is 2.26 bits per heavy atom. The predicted molar refractivity (Wildman–Crippen MR) is 91.3 cm³/mol. The molecule has 0 aliphatic rings. The van der Waals surface area contributed by atoms with E-state index in [0.29, 0.717) is 5.96 Å². The zero-order chi connectivity index (χ0) is 14.0. The van der Waals surface area contributed by atoms with E-state index in [0.717, 1.165) is 26.2 Å². The van der Waals surface area contributed by atoms with Crippen LogP contribution in [0, 0.1) is 0 Å². The van der Waals surface area contributed by atoms with Gasteiger partial charge in [0, 0.05) is 33.7 Å². The van der Waals surface area contributed by atoms with Gasteiger partial charge in [0.05, 0.1) is 0 Å². The van der Waals surface area contributed by atoms with E-state index in [2.05, 4.69) is 34.5 Å². The van der Waals surface area contributed by atoms with Gasteiger partial charge in [0.25, 0.3) is 0 Å². The second-order valence-electron chi connectivity index (χ2n) is 4.31. The van der Waals surface area contributed by atoms with Gasteiger partial charge in [-0.15, -0.1) is 24.0 Å². The molecule has 0 saturated heterocycles. The number of hydrogen-bond donors (Lipinski definition) is 2. The second kappa shape index (κ2) is 12.5. The van der Waals surface area contributed by atoms with Crippen LogP contribution < -0.4 is 10.6 Å². The summed E-state index contributed by atoms with van der Waals surface area (Å²) in [5, 5.41) is 6.32. The molecule has 0 fully saturated rings. The summed E-state index contributed by atoms with van der Waals surface area (Å²) < 4.78 is 0. The third-order valence-corrected chi connectivity index (χ3v) is 2.54. The predicted octanol–water partition coefficient (Wildman–Crippen LogP) is 0.199. The van der Waals surface area contributed by atoms with Gasteiger partial charge >= 0.3 is 0 Å². The fraction of sp³-hybridized carbons (Fsp3) is 0.833. The van der Waals surface area contributed by atoms with Crippen molar-refractivity contribution < 1.29 is 4.79 Å². The summed E-state index contributed by atoms with van der Waals surface area (Å²) in [6.45, 7) is 7.86. The van der Waals surface area contributed by atoms with Crippen molar-refractivity contribution >= 4 is 35.8 Å². The quantitative estimate of drug-likeness (QED) is 0.374. The minimum absolute atomic E-state index is 0. The molecule has 0 aromatic rings. The first-order valence-corrected chi connectivity index (χ1v) is 6.42. The van der Waals surface area contributed by atoms with Crippen LogP contribution in [-0.2, 0) is 4.79 Å². The molecule has 0 rings (SSSR count). The third-order valence-electron chi connectivity index (χ3n) is 2.54. The van der Waals surface area contributed by atoms with E-state index in [9.17, 15) is 4.79 Å². The Kier molecular flexibility index (Phi) is 13.6. The van der Waals surface area contributed by atoms with Crippen molar-refractivity contribution in [2.45, 2.75) is 13.8 Å². The first-order valence-electron chi connectivity index (χ1n) is 6.42. The monoisotopic (exact) mass is 385 g/mol. The summed E-state index contributed by atoms with van der Waals surface area (Å²) in [4.78, 5) is 19.4. The molecule has 0 bridgehead atoms. The average molecular weight is 385 g/mol. The molecular weight excluding hydrogens is 357 g/mol. The number of amides is 1. The maximum Gasteiger partial charge on any atom is 0.243 e. The van der Waals surface area contributed by atoms with Gasteiger partial charge in [0.1, 0.15) is 6.54 Å². The molecule has 0 radical (unpaired) electrons. The number of nitrogens with one attached hydrogen (secondary N) is 2. The second-order valence-corrected chi connectivity index (χ2v) is 4.31. The Hall–Kier alpha value is -0.570. The van der Waals surface area contributed by atoms with E-state index in [1.54, 1.807) is 14.1 Å². The molecule has 1 amide bonds. The highest BCUT2D eigenvalue weighted by molar-refractivity contribution is 14.0. The zero-order valence-electron chi connectivity index (χ0n) is 12.7. The SMILES string of the molecule is CCNC(=NCC(=O)N(C)C)NCCN(C)CC.I. The number of guanidine groups is 1. The molecule has 114 valence electrons. The smallest absolute Gasteiger partial charge is 0.243 e. The van der Waals surface area contributed by atoms with Gasteiger partial charge < -0.3 is 20.4 Å². The normalized spacial score (nSPS) is 10.9. The average Bonchev–Trinajstić information content (AvgIpc) is 2.34. The Labute approximate surface area is 134 Å². The van der Waals surface area contributed by atoms with E-state index in [1.165, 1.54) is 4.90 Å². The van der Waals surface area contributed by atoms with Gasteiger partial charge in [-0.2, -0.15) is 0 Å². The zero-order valence-corrected chi connectivity index (χ0v) is 15.0. The maximum absolute atomic E-state index is 11.4. The largest absolute Gasteiger partial charge is 0.357 e. The van der Waals surface area contributed by atoms with Crippen molar-refractivity contribution in [2.24, 2.45) is 4.99 Å². The van der Waals surface area contributed by atoms with E-state index < -0.39 is 0 Å². The molecule has 0 saturated carbocycles. The highest BCUT2D eigenvalue weighted by Crippen LogP contribution is 1.82. The van der Waals surface area contributed by atoms with Crippen LogP contribution >= 0.6 is 24.0 Å². The van der Waals surface area contributed by atoms with Crippen molar-refractivity contribution in [1.82, 2.24) is 20.4 Å². The molecule has 0 aromatic heterocycles. The lowest BCUT2D eigenvalue weighted by atomic mass is 10.5. The number of carbonyl (C=O) groups is 1. The highest BCUT2D eigenvalue weighted by atomic mass is 127. The summed E-state index contributed by atoms with van der Waals surface area (Å²) in [7, 11) is 5.53. The van der Waals surface area contributed by atoms with Crippen LogP contribution in [0.3, 0.4) is 0 Å². The summed E-state index contributed by atoms with van der Waals surface area (Å²) in [5.74, 6) is 0.690. The topological polar surface area (TPSA) is 60.0 Å². The summed E-state index contributed by atoms with van der Waals surface area (Å²) >= 11 is 0. The highest BCUT2D eigenvalue weighted by Gasteiger charge is 2.03. The van der Waals surface area contributed by atoms with Gasteiger partial charge in [-0.1, -0.05) is 6.92 Å². The van der Waals surface area contributed by atoms with E-state index in [4.69, 9.17) is 0 Å². The number of aliphatic imine (C=N–C) groups is 1. The minimum Gasteiger partial charge on any atom is -0.357 e. The molecule has 0 unspecified atom stereocenters. The summed E-state index contributed by atoms with van der Waals surface area (Å²) in [6, 6.07) is 0. The molecule has 7 heteroatoms. The lowest BCUT2D eigenvalue weighted by molar-refractivity contribution is -0.127. The number of halogens is 1. The van der Waals surface area contributed by atoms with Crippen molar-refractivity contribution in [3.8, 4) is 0 Å². The molecule has 6 nitrogen and oxygen atoms in total. The lowest BCUT2D eigenvalue weighted by Crippen LogP contribution is -2.41. The third kappa shape index (κ3) is 11.0. The molecule has 19 heavy (non-hydrogen) atoms. The van der Waals surface area contributed by atoms with Crippen molar-refractivity contribution in [2.75, 3.05) is 53.9 Å². The summed E-state index contributed by atoms with van der Waals surface area (Å²) in [5.41, 5.74) is 0. The number of carbonyl (C=O) groups excluding carboxylic acids is 1. The number of likely N-dealkylation sites (N-methyl/N-ethyl adjacent to an activating group) is 2. The van der Waals surface area contributed by atoms with Crippen molar-refractivity contribution in [3.05, 3.63) is 0 Å². The minimum atomic E-state index is -0.00196. The molecule has 0 spiro atoms. The Balaban J connectivity index is 0. The van der Waals surface area contributed by atoms with Gasteiger partial charge in [0.2, 0.25) is 5.91 Å². The van der Waals surface area contributed by atoms with Crippen LogP contribution in [0.15, 0.2) is 4.99 Å². The molecule has 0 aromatic carbocycles. The van der Waals surface area contributed by atoms with Gasteiger partial charge in [-0.3, -0.25) is 4.79 Å². The molecule has 0 heterocycles. The van der Waals surface area contributed by atoms with Crippen LogP contribution in [0.25, 0.3) is 0 Å². The van der Waals surface area contributed by atoms with Gasteiger partial charge in [0.15, 0.2) is 5.96 Å². The van der Waals surface area contributed by atoms with Crippen LogP contribution in [-0.4, -0.2) is 75.5 Å². The van der Waals surface area contributed by atoms with Crippen LogP contribution in [0.5, 0.6) is 0 Å². The van der Waals surface area contributed by atoms with Crippen molar-refractivity contribution in [1.29, 1.82) is 0 Å². The Bertz CT molecular complexity index is 271. The van der Waals surface area contributed by atoms with Crippen molar-refractivity contribution in [3.63, 3.8) is 0 Å². The fourth-order valence-electron chi connectivity index (χ4n) is 1.15. The van der Waals surface area contributed by atoms with E-state index in [-0.39, 0.29) is 36.4 Å². The lowest BCUT2D eigenvalue weighted by Gasteiger charge is -2.16.